The van der Waals surface area contributed by atoms with Crippen molar-refractivity contribution in [3.05, 3.63) is 59.3 Å². The van der Waals surface area contributed by atoms with E-state index >= 15 is 0 Å². The maximum Gasteiger partial charge on any atom is 0.242 e. The number of amides is 1. The number of aliphatic hydroxyl groups is 1. The number of hydrogen-bond donors (Lipinski definition) is 4. The lowest BCUT2D eigenvalue weighted by molar-refractivity contribution is -0.122. The SMILES string of the molecule is Cc1cnc(Nc2cnn(CC(=O)NC(C)CO)c2)nc1NCc1c(F)cc(F)cc1F. The second kappa shape index (κ2) is 10.1. The number of nitrogens with one attached hydrogen (secondary N) is 3. The van der Waals surface area contributed by atoms with Crippen molar-refractivity contribution in [2.45, 2.75) is 33.0 Å². The van der Waals surface area contributed by atoms with Gasteiger partial charge in [-0.3, -0.25) is 9.48 Å². The van der Waals surface area contributed by atoms with Gasteiger partial charge in [-0.05, 0) is 13.8 Å². The van der Waals surface area contributed by atoms with Crippen LogP contribution in [0.25, 0.3) is 0 Å². The smallest absolute Gasteiger partial charge is 0.242 e. The normalized spacial score (nSPS) is 11.8. The van der Waals surface area contributed by atoms with Gasteiger partial charge in [0.1, 0.15) is 29.8 Å². The summed E-state index contributed by atoms with van der Waals surface area (Å²) >= 11 is 0. The number of anilines is 3. The van der Waals surface area contributed by atoms with Crippen LogP contribution in [-0.2, 0) is 17.9 Å². The van der Waals surface area contributed by atoms with Gasteiger partial charge in [0.05, 0.1) is 18.5 Å². The highest BCUT2D eigenvalue weighted by Crippen LogP contribution is 2.20. The highest BCUT2D eigenvalue weighted by Gasteiger charge is 2.13. The minimum absolute atomic E-state index is 0.0393. The quantitative estimate of drug-likeness (QED) is 0.396. The van der Waals surface area contributed by atoms with Gasteiger partial charge in [0, 0.05) is 48.2 Å². The first-order chi connectivity index (χ1) is 15.2. The molecule has 2 heterocycles. The summed E-state index contributed by atoms with van der Waals surface area (Å²) in [6, 6.07) is 0.865. The summed E-state index contributed by atoms with van der Waals surface area (Å²) in [7, 11) is 0. The Balaban J connectivity index is 1.65. The lowest BCUT2D eigenvalue weighted by Crippen LogP contribution is -2.37. The van der Waals surface area contributed by atoms with E-state index in [1.54, 1.807) is 20.0 Å². The Kier molecular flexibility index (Phi) is 7.25. The van der Waals surface area contributed by atoms with Gasteiger partial charge >= 0.3 is 0 Å². The minimum atomic E-state index is -0.995. The molecule has 0 spiro atoms. The van der Waals surface area contributed by atoms with Crippen LogP contribution >= 0.6 is 0 Å². The van der Waals surface area contributed by atoms with Crippen molar-refractivity contribution in [2.24, 2.45) is 0 Å². The molecule has 1 atom stereocenters. The third kappa shape index (κ3) is 5.94. The van der Waals surface area contributed by atoms with Crippen LogP contribution in [0.2, 0.25) is 0 Å². The van der Waals surface area contributed by atoms with Gasteiger partial charge in [0.2, 0.25) is 11.9 Å². The Labute approximate surface area is 181 Å². The molecule has 3 aromatic rings. The average Bonchev–Trinajstić information content (AvgIpc) is 3.15. The van der Waals surface area contributed by atoms with Crippen LogP contribution in [-0.4, -0.2) is 43.4 Å². The first kappa shape index (κ1) is 23.0. The third-order valence-corrected chi connectivity index (χ3v) is 4.39. The van der Waals surface area contributed by atoms with Crippen LogP contribution in [0.1, 0.15) is 18.1 Å². The van der Waals surface area contributed by atoms with Crippen molar-refractivity contribution < 1.29 is 23.1 Å². The molecule has 4 N–H and O–H groups in total. The first-order valence-corrected chi connectivity index (χ1v) is 9.65. The fourth-order valence-electron chi connectivity index (χ4n) is 2.75. The number of nitrogens with zero attached hydrogens (tertiary/aromatic N) is 4. The average molecular weight is 449 g/mol. The Hall–Kier alpha value is -3.67. The van der Waals surface area contributed by atoms with Crippen molar-refractivity contribution in [3.8, 4) is 0 Å². The Morgan fingerprint density at radius 3 is 2.62 bits per heavy atom. The summed E-state index contributed by atoms with van der Waals surface area (Å²) in [4.78, 5) is 20.3. The molecule has 9 nitrogen and oxygen atoms in total. The van der Waals surface area contributed by atoms with Gasteiger partial charge in [0.15, 0.2) is 0 Å². The maximum atomic E-state index is 13.8. The number of carbonyl (C=O) groups excluding carboxylic acids is 1. The van der Waals surface area contributed by atoms with Crippen molar-refractivity contribution in [3.63, 3.8) is 0 Å². The van der Waals surface area contributed by atoms with E-state index in [9.17, 15) is 18.0 Å². The number of hydrogen-bond acceptors (Lipinski definition) is 7. The Bertz CT molecular complexity index is 1080. The van der Waals surface area contributed by atoms with Crippen LogP contribution in [0.5, 0.6) is 0 Å². The summed E-state index contributed by atoms with van der Waals surface area (Å²) in [5.41, 5.74) is 0.830. The molecule has 1 unspecified atom stereocenters. The number of aryl methyl sites for hydroxylation is 1. The topological polar surface area (TPSA) is 117 Å². The lowest BCUT2D eigenvalue weighted by Gasteiger charge is -2.11. The lowest BCUT2D eigenvalue weighted by atomic mass is 10.2. The summed E-state index contributed by atoms with van der Waals surface area (Å²) in [5, 5.41) is 21.4. The van der Waals surface area contributed by atoms with Crippen LogP contribution < -0.4 is 16.0 Å². The minimum Gasteiger partial charge on any atom is -0.394 e. The highest BCUT2D eigenvalue weighted by atomic mass is 19.1. The zero-order valence-corrected chi connectivity index (χ0v) is 17.4. The molecule has 0 radical (unpaired) electrons. The maximum absolute atomic E-state index is 13.8. The van der Waals surface area contributed by atoms with Gasteiger partial charge in [-0.25, -0.2) is 18.2 Å². The second-order valence-corrected chi connectivity index (χ2v) is 7.13. The molecule has 3 rings (SSSR count). The number of rotatable bonds is 9. The van der Waals surface area contributed by atoms with Crippen LogP contribution in [0.4, 0.5) is 30.6 Å². The number of aliphatic hydroxyl groups excluding tert-OH is 1. The van der Waals surface area contributed by atoms with E-state index in [2.05, 4.69) is 31.0 Å². The van der Waals surface area contributed by atoms with Crippen molar-refractivity contribution >= 4 is 23.4 Å². The Morgan fingerprint density at radius 2 is 1.94 bits per heavy atom. The Morgan fingerprint density at radius 1 is 1.22 bits per heavy atom. The van der Waals surface area contributed by atoms with E-state index in [0.717, 1.165) is 0 Å². The summed E-state index contributed by atoms with van der Waals surface area (Å²) < 4.78 is 42.2. The molecular formula is C20H22F3N7O2. The molecule has 0 bridgehead atoms. The molecule has 2 aromatic heterocycles. The summed E-state index contributed by atoms with van der Waals surface area (Å²) in [6.07, 6.45) is 4.56. The van der Waals surface area contributed by atoms with Gasteiger partial charge < -0.3 is 21.1 Å². The van der Waals surface area contributed by atoms with E-state index in [1.165, 1.54) is 17.1 Å². The molecule has 1 aromatic carbocycles. The second-order valence-electron chi connectivity index (χ2n) is 7.13. The molecule has 0 saturated heterocycles. The van der Waals surface area contributed by atoms with Crippen molar-refractivity contribution in [1.82, 2.24) is 25.1 Å². The van der Waals surface area contributed by atoms with Crippen LogP contribution in [0.15, 0.2) is 30.7 Å². The van der Waals surface area contributed by atoms with Gasteiger partial charge in [-0.15, -0.1) is 0 Å². The number of benzene rings is 1. The zero-order valence-electron chi connectivity index (χ0n) is 17.4. The zero-order chi connectivity index (χ0) is 23.3. The van der Waals surface area contributed by atoms with E-state index < -0.39 is 17.5 Å². The van der Waals surface area contributed by atoms with Crippen molar-refractivity contribution in [2.75, 3.05) is 17.2 Å². The van der Waals surface area contributed by atoms with Gasteiger partial charge in [-0.2, -0.15) is 10.1 Å². The molecule has 0 aliphatic heterocycles. The van der Waals surface area contributed by atoms with Crippen LogP contribution in [0.3, 0.4) is 0 Å². The fourth-order valence-corrected chi connectivity index (χ4v) is 2.75. The molecule has 170 valence electrons. The number of aromatic nitrogens is 4. The predicted octanol–water partition coefficient (Wildman–Crippen LogP) is 2.25. The first-order valence-electron chi connectivity index (χ1n) is 9.65. The van der Waals surface area contributed by atoms with Gasteiger partial charge in [0.25, 0.3) is 0 Å². The molecule has 0 saturated carbocycles. The molecule has 0 aliphatic carbocycles. The van der Waals surface area contributed by atoms with Crippen molar-refractivity contribution in [1.29, 1.82) is 0 Å². The highest BCUT2D eigenvalue weighted by molar-refractivity contribution is 5.76. The van der Waals surface area contributed by atoms with Gasteiger partial charge in [-0.1, -0.05) is 0 Å². The van der Waals surface area contributed by atoms with Crippen LogP contribution in [0, 0.1) is 24.4 Å². The third-order valence-electron chi connectivity index (χ3n) is 4.39. The largest absolute Gasteiger partial charge is 0.394 e. The fraction of sp³-hybridized carbons (Fsp3) is 0.300. The number of carbonyl (C=O) groups is 1. The summed E-state index contributed by atoms with van der Waals surface area (Å²) in [5.74, 6) is -2.77. The van der Waals surface area contributed by atoms with E-state index in [0.29, 0.717) is 29.2 Å². The molecule has 1 amide bonds. The molecule has 0 fully saturated rings. The van der Waals surface area contributed by atoms with E-state index in [4.69, 9.17) is 5.11 Å². The molecule has 32 heavy (non-hydrogen) atoms. The van der Waals surface area contributed by atoms with E-state index in [-0.39, 0.29) is 43.2 Å². The molecular weight excluding hydrogens is 427 g/mol. The predicted molar refractivity (Wildman–Crippen MR) is 111 cm³/mol. The monoisotopic (exact) mass is 449 g/mol. The van der Waals surface area contributed by atoms with E-state index in [1.807, 2.05) is 0 Å². The standard InChI is InChI=1S/C20H22F3N7O2/c1-11-5-25-20(28-14-6-26-30(8-14)9-18(32)27-12(2)10-31)29-19(11)24-7-15-16(22)3-13(21)4-17(15)23/h3-6,8,12,31H,7,9-10H2,1-2H3,(H,27,32)(H2,24,25,28,29). The number of halogens is 3. The molecule has 0 aliphatic rings. The molecule has 12 heteroatoms. The summed E-state index contributed by atoms with van der Waals surface area (Å²) in [6.45, 7) is 2.94.